The van der Waals surface area contributed by atoms with E-state index in [1.54, 1.807) is 0 Å². The molecule has 0 unspecified atom stereocenters. The second kappa shape index (κ2) is 6.36. The highest BCUT2D eigenvalue weighted by Gasteiger charge is 2.30. The van der Waals surface area contributed by atoms with Crippen molar-refractivity contribution >= 4 is 22.0 Å². The number of carbonyl (C=O) groups is 2. The van der Waals surface area contributed by atoms with E-state index in [4.69, 9.17) is 0 Å². The van der Waals surface area contributed by atoms with Gasteiger partial charge in [0.2, 0.25) is 10.0 Å². The van der Waals surface area contributed by atoms with Crippen molar-refractivity contribution in [1.82, 2.24) is 9.62 Å². The van der Waals surface area contributed by atoms with Crippen LogP contribution >= 0.6 is 0 Å². The van der Waals surface area contributed by atoms with E-state index in [1.807, 2.05) is 0 Å². The molecule has 1 N–H and O–H groups in total. The van der Waals surface area contributed by atoms with E-state index in [9.17, 15) is 26.8 Å². The Hall–Kier alpha value is -2.07. The number of benzene rings is 1. The first kappa shape index (κ1) is 16.3. The van der Waals surface area contributed by atoms with Crippen molar-refractivity contribution in [3.05, 3.63) is 35.4 Å². The third-order valence-corrected chi connectivity index (χ3v) is 4.19. The first-order valence-corrected chi connectivity index (χ1v) is 7.82. The molecule has 0 saturated carbocycles. The summed E-state index contributed by atoms with van der Waals surface area (Å²) in [5, 5.41) is 0. The molecule has 0 radical (unpaired) electrons. The Balaban J connectivity index is 1.93. The summed E-state index contributed by atoms with van der Waals surface area (Å²) in [6.45, 7) is -0.831. The van der Waals surface area contributed by atoms with E-state index in [0.29, 0.717) is 0 Å². The Morgan fingerprint density at radius 1 is 1.27 bits per heavy atom. The lowest BCUT2D eigenvalue weighted by molar-refractivity contribution is -0.125. The standard InChI is InChI=1S/C12H12F2N2O5S/c13-9-1-2-10(14)8(5-9)7-22(19,20)15-3-4-16-11(17)6-21-12(16)18/h1-2,5,15H,3-4,6-7H2. The molecule has 0 aromatic heterocycles. The summed E-state index contributed by atoms with van der Waals surface area (Å²) < 4.78 is 56.5. The average molecular weight is 334 g/mol. The quantitative estimate of drug-likeness (QED) is 0.811. The smallest absolute Gasteiger partial charge is 0.417 e. The van der Waals surface area contributed by atoms with Crippen LogP contribution in [0.5, 0.6) is 0 Å². The molecule has 1 fully saturated rings. The Labute approximate surface area is 124 Å². The molecular formula is C12H12F2N2O5S. The van der Waals surface area contributed by atoms with Crippen LogP contribution in [-0.4, -0.2) is 45.0 Å². The zero-order valence-electron chi connectivity index (χ0n) is 11.2. The number of hydrogen-bond donors (Lipinski definition) is 1. The van der Waals surface area contributed by atoms with Gasteiger partial charge in [0.05, 0.1) is 5.75 Å². The van der Waals surface area contributed by atoms with Crippen molar-refractivity contribution in [2.75, 3.05) is 19.7 Å². The van der Waals surface area contributed by atoms with Gasteiger partial charge in [-0.25, -0.2) is 31.6 Å². The van der Waals surface area contributed by atoms with Gasteiger partial charge in [0.1, 0.15) is 11.6 Å². The van der Waals surface area contributed by atoms with E-state index < -0.39 is 39.4 Å². The second-order valence-electron chi connectivity index (χ2n) is 4.49. The molecule has 1 aliphatic heterocycles. The van der Waals surface area contributed by atoms with E-state index in [1.165, 1.54) is 0 Å². The minimum atomic E-state index is -3.95. The van der Waals surface area contributed by atoms with E-state index >= 15 is 0 Å². The predicted octanol–water partition coefficient (Wildman–Crippen LogP) is 0.363. The Morgan fingerprint density at radius 2 is 2.00 bits per heavy atom. The highest BCUT2D eigenvalue weighted by molar-refractivity contribution is 7.88. The molecule has 22 heavy (non-hydrogen) atoms. The minimum Gasteiger partial charge on any atom is -0.439 e. The van der Waals surface area contributed by atoms with Crippen LogP contribution in [0.2, 0.25) is 0 Å². The van der Waals surface area contributed by atoms with Gasteiger partial charge in [0, 0.05) is 18.7 Å². The Morgan fingerprint density at radius 3 is 2.64 bits per heavy atom. The fourth-order valence-corrected chi connectivity index (χ4v) is 2.95. The number of cyclic esters (lactones) is 1. The van der Waals surface area contributed by atoms with Crippen LogP contribution in [0.1, 0.15) is 5.56 Å². The molecule has 0 atom stereocenters. The van der Waals surface area contributed by atoms with Crippen molar-refractivity contribution in [3.63, 3.8) is 0 Å². The van der Waals surface area contributed by atoms with Gasteiger partial charge in [-0.05, 0) is 18.2 Å². The maximum Gasteiger partial charge on any atom is 0.417 e. The van der Waals surface area contributed by atoms with Gasteiger partial charge in [-0.2, -0.15) is 0 Å². The number of sulfonamides is 1. The zero-order chi connectivity index (χ0) is 16.3. The van der Waals surface area contributed by atoms with Gasteiger partial charge < -0.3 is 4.74 Å². The molecule has 1 saturated heterocycles. The van der Waals surface area contributed by atoms with Gasteiger partial charge in [0.15, 0.2) is 6.61 Å². The number of amides is 2. The molecule has 1 aromatic carbocycles. The third kappa shape index (κ3) is 3.98. The van der Waals surface area contributed by atoms with Crippen LogP contribution in [0.15, 0.2) is 18.2 Å². The van der Waals surface area contributed by atoms with Crippen molar-refractivity contribution in [1.29, 1.82) is 0 Å². The normalized spacial score (nSPS) is 15.3. The highest BCUT2D eigenvalue weighted by atomic mass is 32.2. The lowest BCUT2D eigenvalue weighted by Gasteiger charge is -2.12. The van der Waals surface area contributed by atoms with Crippen LogP contribution in [0.3, 0.4) is 0 Å². The monoisotopic (exact) mass is 334 g/mol. The molecule has 120 valence electrons. The molecule has 0 spiro atoms. The van der Waals surface area contributed by atoms with Gasteiger partial charge in [-0.15, -0.1) is 0 Å². The van der Waals surface area contributed by atoms with Crippen LogP contribution in [0.4, 0.5) is 13.6 Å². The summed E-state index contributed by atoms with van der Waals surface area (Å²) in [6, 6.07) is 2.50. The fourth-order valence-electron chi connectivity index (χ4n) is 1.82. The summed E-state index contributed by atoms with van der Waals surface area (Å²) in [5.74, 6) is -2.92. The molecule has 10 heteroatoms. The fraction of sp³-hybridized carbons (Fsp3) is 0.333. The van der Waals surface area contributed by atoms with Gasteiger partial charge >= 0.3 is 6.09 Å². The molecule has 1 aliphatic rings. The molecular weight excluding hydrogens is 322 g/mol. The Bertz CT molecular complexity index is 691. The molecule has 1 aromatic rings. The predicted molar refractivity (Wildman–Crippen MR) is 70.0 cm³/mol. The van der Waals surface area contributed by atoms with E-state index in [0.717, 1.165) is 23.1 Å². The van der Waals surface area contributed by atoms with Gasteiger partial charge in [-0.1, -0.05) is 0 Å². The van der Waals surface area contributed by atoms with Crippen LogP contribution in [0, 0.1) is 11.6 Å². The van der Waals surface area contributed by atoms with Crippen molar-refractivity contribution in [2.45, 2.75) is 5.75 Å². The maximum atomic E-state index is 13.4. The molecule has 7 nitrogen and oxygen atoms in total. The number of nitrogens with one attached hydrogen (secondary N) is 1. The largest absolute Gasteiger partial charge is 0.439 e. The lowest BCUT2D eigenvalue weighted by Crippen LogP contribution is -2.38. The molecule has 1 heterocycles. The second-order valence-corrected chi connectivity index (χ2v) is 6.30. The molecule has 2 amide bonds. The molecule has 0 bridgehead atoms. The SMILES string of the molecule is O=C1COC(=O)N1CCNS(=O)(=O)Cc1cc(F)ccc1F. The third-order valence-electron chi connectivity index (χ3n) is 2.85. The van der Waals surface area contributed by atoms with Gasteiger partial charge in [-0.3, -0.25) is 4.79 Å². The lowest BCUT2D eigenvalue weighted by atomic mass is 10.2. The number of nitrogens with zero attached hydrogens (tertiary/aromatic N) is 1. The molecule has 0 aliphatic carbocycles. The van der Waals surface area contributed by atoms with Crippen molar-refractivity contribution < 1.29 is 31.5 Å². The highest BCUT2D eigenvalue weighted by Crippen LogP contribution is 2.12. The average Bonchev–Trinajstić information content (AvgIpc) is 2.74. The zero-order valence-corrected chi connectivity index (χ0v) is 12.0. The van der Waals surface area contributed by atoms with Crippen molar-refractivity contribution in [3.8, 4) is 0 Å². The van der Waals surface area contributed by atoms with Gasteiger partial charge in [0.25, 0.3) is 5.91 Å². The summed E-state index contributed by atoms with van der Waals surface area (Å²) in [6.07, 6.45) is -0.847. The minimum absolute atomic E-state index is 0.206. The number of rotatable bonds is 6. The van der Waals surface area contributed by atoms with E-state index in [-0.39, 0.29) is 25.3 Å². The summed E-state index contributed by atoms with van der Waals surface area (Å²) in [5.41, 5.74) is -0.316. The summed E-state index contributed by atoms with van der Waals surface area (Å²) >= 11 is 0. The topological polar surface area (TPSA) is 92.8 Å². The number of hydrogen-bond acceptors (Lipinski definition) is 5. The van der Waals surface area contributed by atoms with Crippen LogP contribution in [-0.2, 0) is 25.3 Å². The van der Waals surface area contributed by atoms with Crippen molar-refractivity contribution in [2.24, 2.45) is 0 Å². The number of halogens is 2. The summed E-state index contributed by atoms with van der Waals surface area (Å²) in [4.78, 5) is 23.1. The summed E-state index contributed by atoms with van der Waals surface area (Å²) in [7, 11) is -3.95. The van der Waals surface area contributed by atoms with Crippen LogP contribution in [0.25, 0.3) is 0 Å². The van der Waals surface area contributed by atoms with E-state index in [2.05, 4.69) is 9.46 Å². The Kier molecular flexibility index (Phi) is 4.71. The van der Waals surface area contributed by atoms with Crippen LogP contribution < -0.4 is 4.72 Å². The first-order chi connectivity index (χ1) is 10.3. The maximum absolute atomic E-state index is 13.4. The number of carbonyl (C=O) groups excluding carboxylic acids is 2. The number of imide groups is 1. The first-order valence-electron chi connectivity index (χ1n) is 6.17. The molecule has 2 rings (SSSR count). The number of ether oxygens (including phenoxy) is 1.